The second-order valence-corrected chi connectivity index (χ2v) is 7.44. The fourth-order valence-electron chi connectivity index (χ4n) is 3.03. The third kappa shape index (κ3) is 7.21. The van der Waals surface area contributed by atoms with Gasteiger partial charge >= 0.3 is 5.97 Å². The summed E-state index contributed by atoms with van der Waals surface area (Å²) in [5, 5.41) is 0.952. The summed E-state index contributed by atoms with van der Waals surface area (Å²) in [5.74, 6) is -0.959. The van der Waals surface area contributed by atoms with Crippen LogP contribution in [0.2, 0.25) is 0 Å². The minimum atomic E-state index is -0.563. The van der Waals surface area contributed by atoms with Crippen LogP contribution in [0.3, 0.4) is 0 Å². The Labute approximate surface area is 176 Å². The van der Waals surface area contributed by atoms with Crippen molar-refractivity contribution in [3.05, 3.63) is 71.3 Å². The Bertz CT molecular complexity index is 746. The normalized spacial score (nSPS) is 16.8. The van der Waals surface area contributed by atoms with Gasteiger partial charge in [-0.05, 0) is 31.4 Å². The number of alkyl halides is 1. The standard InChI is InChI=1S/C15H19NO3.C8H9Br/c1-2-19-15(18)13-8-9-16(11-14(13)17)10-12-6-4-3-5-7-12;1-7-2-4-8(6-9)5-3-7/h3-7,13H,2,8-11H2,1H3;2-5H,6H2,1H3. The van der Waals surface area contributed by atoms with Crippen LogP contribution >= 0.6 is 15.9 Å². The maximum absolute atomic E-state index is 12.0. The molecule has 0 N–H and O–H groups in total. The molecule has 1 fully saturated rings. The summed E-state index contributed by atoms with van der Waals surface area (Å²) in [6, 6.07) is 18.5. The van der Waals surface area contributed by atoms with E-state index in [0.29, 0.717) is 19.6 Å². The average molecular weight is 446 g/mol. The largest absolute Gasteiger partial charge is 0.465 e. The number of ether oxygens (including phenoxy) is 1. The van der Waals surface area contributed by atoms with Gasteiger partial charge in [-0.25, -0.2) is 0 Å². The first kappa shape index (κ1) is 22.3. The molecular weight excluding hydrogens is 418 g/mol. The molecule has 0 radical (unpaired) electrons. The highest BCUT2D eigenvalue weighted by atomic mass is 79.9. The third-order valence-corrected chi connectivity index (χ3v) is 5.24. The van der Waals surface area contributed by atoms with Gasteiger partial charge in [0.05, 0.1) is 13.2 Å². The van der Waals surface area contributed by atoms with Crippen molar-refractivity contribution < 1.29 is 14.3 Å². The molecule has 5 heteroatoms. The van der Waals surface area contributed by atoms with Gasteiger partial charge in [0.15, 0.2) is 5.78 Å². The van der Waals surface area contributed by atoms with Crippen molar-refractivity contribution in [3.8, 4) is 0 Å². The highest BCUT2D eigenvalue weighted by Gasteiger charge is 2.33. The molecule has 0 saturated carbocycles. The predicted octanol–water partition coefficient (Wildman–Crippen LogP) is 4.53. The van der Waals surface area contributed by atoms with E-state index < -0.39 is 5.92 Å². The number of ketones is 1. The Hall–Kier alpha value is -1.98. The number of aryl methyl sites for hydroxylation is 1. The Morgan fingerprint density at radius 3 is 2.36 bits per heavy atom. The van der Waals surface area contributed by atoms with Crippen LogP contribution in [0.1, 0.15) is 30.0 Å². The molecule has 1 saturated heterocycles. The molecule has 150 valence electrons. The van der Waals surface area contributed by atoms with Gasteiger partial charge in [-0.2, -0.15) is 0 Å². The molecule has 0 aliphatic carbocycles. The van der Waals surface area contributed by atoms with E-state index in [2.05, 4.69) is 52.0 Å². The summed E-state index contributed by atoms with van der Waals surface area (Å²) in [7, 11) is 0. The number of hydrogen-bond donors (Lipinski definition) is 0. The SMILES string of the molecule is CCOC(=O)C1CCN(Cc2ccccc2)CC1=O.Cc1ccc(CBr)cc1. The van der Waals surface area contributed by atoms with Crippen LogP contribution < -0.4 is 0 Å². The third-order valence-electron chi connectivity index (χ3n) is 4.60. The summed E-state index contributed by atoms with van der Waals surface area (Å²) in [6.45, 7) is 6.02. The maximum Gasteiger partial charge on any atom is 0.316 e. The van der Waals surface area contributed by atoms with Gasteiger partial charge in [0.1, 0.15) is 5.92 Å². The van der Waals surface area contributed by atoms with Crippen LogP contribution in [0.15, 0.2) is 54.6 Å². The second-order valence-electron chi connectivity index (χ2n) is 6.88. The smallest absolute Gasteiger partial charge is 0.316 e. The molecule has 1 aliphatic rings. The van der Waals surface area contributed by atoms with E-state index in [9.17, 15) is 9.59 Å². The average Bonchev–Trinajstić information content (AvgIpc) is 2.70. The number of nitrogens with zero attached hydrogens (tertiary/aromatic N) is 1. The number of halogens is 1. The first-order valence-corrected chi connectivity index (χ1v) is 10.7. The lowest BCUT2D eigenvalue weighted by atomic mass is 9.95. The van der Waals surface area contributed by atoms with E-state index in [0.717, 1.165) is 18.4 Å². The molecule has 0 aromatic heterocycles. The number of likely N-dealkylation sites (tertiary alicyclic amines) is 1. The fourth-order valence-corrected chi connectivity index (χ4v) is 3.40. The summed E-state index contributed by atoms with van der Waals surface area (Å²) in [6.07, 6.45) is 0.560. The van der Waals surface area contributed by atoms with Crippen LogP contribution in [0.4, 0.5) is 0 Å². The quantitative estimate of drug-likeness (QED) is 0.385. The van der Waals surface area contributed by atoms with Crippen molar-refractivity contribution in [2.24, 2.45) is 5.92 Å². The first-order valence-electron chi connectivity index (χ1n) is 9.60. The van der Waals surface area contributed by atoms with Crippen molar-refractivity contribution in [2.45, 2.75) is 32.1 Å². The molecule has 4 nitrogen and oxygen atoms in total. The van der Waals surface area contributed by atoms with Crippen LogP contribution in [-0.2, 0) is 26.2 Å². The lowest BCUT2D eigenvalue weighted by molar-refractivity contribution is -0.153. The van der Waals surface area contributed by atoms with Crippen molar-refractivity contribution in [3.63, 3.8) is 0 Å². The van der Waals surface area contributed by atoms with Gasteiger partial charge in [0.2, 0.25) is 0 Å². The highest BCUT2D eigenvalue weighted by molar-refractivity contribution is 9.08. The van der Waals surface area contributed by atoms with Gasteiger partial charge in [-0.1, -0.05) is 76.1 Å². The number of rotatable bonds is 5. The lowest BCUT2D eigenvalue weighted by Gasteiger charge is -2.29. The Kier molecular flexibility index (Phi) is 9.38. The summed E-state index contributed by atoms with van der Waals surface area (Å²) >= 11 is 3.38. The van der Waals surface area contributed by atoms with Crippen LogP contribution in [-0.4, -0.2) is 36.3 Å². The second kappa shape index (κ2) is 11.8. The van der Waals surface area contributed by atoms with Gasteiger partial charge in [0, 0.05) is 18.4 Å². The minimum Gasteiger partial charge on any atom is -0.465 e. The van der Waals surface area contributed by atoms with Crippen molar-refractivity contribution in [2.75, 3.05) is 19.7 Å². The van der Waals surface area contributed by atoms with Gasteiger partial charge in [-0.3, -0.25) is 14.5 Å². The molecule has 3 rings (SSSR count). The molecule has 1 atom stereocenters. The Morgan fingerprint density at radius 1 is 1.11 bits per heavy atom. The van der Waals surface area contributed by atoms with Gasteiger partial charge in [0.25, 0.3) is 0 Å². The molecule has 1 aliphatic heterocycles. The highest BCUT2D eigenvalue weighted by Crippen LogP contribution is 2.17. The number of Topliss-reactive ketones (excluding diaryl/α,β-unsaturated/α-hetero) is 1. The number of hydrogen-bond acceptors (Lipinski definition) is 4. The van der Waals surface area contributed by atoms with Crippen LogP contribution in [0.5, 0.6) is 0 Å². The van der Waals surface area contributed by atoms with E-state index in [-0.39, 0.29) is 11.8 Å². The number of benzene rings is 2. The van der Waals surface area contributed by atoms with E-state index in [1.54, 1.807) is 6.92 Å². The van der Waals surface area contributed by atoms with Crippen molar-refractivity contribution in [1.82, 2.24) is 4.90 Å². The summed E-state index contributed by atoms with van der Waals surface area (Å²) in [4.78, 5) is 25.7. The topological polar surface area (TPSA) is 46.6 Å². The van der Waals surface area contributed by atoms with Crippen LogP contribution in [0, 0.1) is 12.8 Å². The lowest BCUT2D eigenvalue weighted by Crippen LogP contribution is -2.43. The zero-order chi connectivity index (χ0) is 20.4. The molecule has 1 unspecified atom stereocenters. The van der Waals surface area contributed by atoms with Gasteiger partial charge < -0.3 is 4.74 Å². The maximum atomic E-state index is 12.0. The fraction of sp³-hybridized carbons (Fsp3) is 0.391. The Balaban J connectivity index is 0.000000261. The molecule has 28 heavy (non-hydrogen) atoms. The number of carbonyl (C=O) groups excluding carboxylic acids is 2. The first-order chi connectivity index (χ1) is 13.5. The number of esters is 1. The van der Waals surface area contributed by atoms with Gasteiger partial charge in [-0.15, -0.1) is 0 Å². The van der Waals surface area contributed by atoms with E-state index in [1.165, 1.54) is 16.7 Å². The molecule has 2 aromatic rings. The molecule has 1 heterocycles. The molecule has 0 amide bonds. The van der Waals surface area contributed by atoms with E-state index >= 15 is 0 Å². The molecule has 2 aromatic carbocycles. The zero-order valence-electron chi connectivity index (χ0n) is 16.6. The van der Waals surface area contributed by atoms with Crippen molar-refractivity contribution in [1.29, 1.82) is 0 Å². The monoisotopic (exact) mass is 445 g/mol. The molecule has 0 bridgehead atoms. The summed E-state index contributed by atoms with van der Waals surface area (Å²) < 4.78 is 4.93. The van der Waals surface area contributed by atoms with E-state index in [1.807, 2.05) is 30.3 Å². The number of piperidine rings is 1. The molecular formula is C23H28BrNO3. The van der Waals surface area contributed by atoms with Crippen molar-refractivity contribution >= 4 is 27.7 Å². The number of carbonyl (C=O) groups is 2. The Morgan fingerprint density at radius 2 is 1.79 bits per heavy atom. The van der Waals surface area contributed by atoms with Crippen LogP contribution in [0.25, 0.3) is 0 Å². The summed E-state index contributed by atoms with van der Waals surface area (Å²) in [5.41, 5.74) is 3.84. The van der Waals surface area contributed by atoms with E-state index in [4.69, 9.17) is 4.74 Å². The zero-order valence-corrected chi connectivity index (χ0v) is 18.2. The minimum absolute atomic E-state index is 0.0272. The molecule has 0 spiro atoms. The predicted molar refractivity (Wildman–Crippen MR) is 115 cm³/mol.